The fourth-order valence-electron chi connectivity index (χ4n) is 2.47. The zero-order chi connectivity index (χ0) is 17.8. The molecule has 128 valence electrons. The molecular weight excluding hydrogens is 386 g/mol. The third-order valence-corrected chi connectivity index (χ3v) is 4.19. The van der Waals surface area contributed by atoms with E-state index < -0.39 is 5.97 Å². The van der Waals surface area contributed by atoms with Gasteiger partial charge in [-0.2, -0.15) is 0 Å². The molecule has 1 heterocycles. The lowest BCUT2D eigenvalue weighted by Crippen LogP contribution is -2.31. The zero-order valence-electron chi connectivity index (χ0n) is 13.5. The number of hydrogen-bond acceptors (Lipinski definition) is 4. The smallest absolute Gasteiger partial charge is 0.374 e. The molecule has 2 aromatic carbocycles. The van der Waals surface area contributed by atoms with E-state index in [0.717, 1.165) is 16.3 Å². The Balaban J connectivity index is 1.57. The number of furan rings is 1. The molecule has 25 heavy (non-hydrogen) atoms. The van der Waals surface area contributed by atoms with Crippen LogP contribution < -0.4 is 5.32 Å². The molecule has 0 aliphatic carbocycles. The van der Waals surface area contributed by atoms with Crippen LogP contribution >= 0.6 is 15.9 Å². The summed E-state index contributed by atoms with van der Waals surface area (Å²) in [5.74, 6) is -1.01. The summed E-state index contributed by atoms with van der Waals surface area (Å²) in [6.07, 6.45) is 0. The second kappa shape index (κ2) is 7.53. The lowest BCUT2D eigenvalue weighted by Gasteiger charge is -2.15. The number of carbonyl (C=O) groups is 2. The molecule has 0 saturated carbocycles. The molecular formula is C19H16BrNO4. The van der Waals surface area contributed by atoms with Crippen molar-refractivity contribution in [1.29, 1.82) is 0 Å². The molecule has 0 spiro atoms. The molecule has 0 bridgehead atoms. The first-order valence-corrected chi connectivity index (χ1v) is 8.53. The van der Waals surface area contributed by atoms with E-state index in [1.807, 2.05) is 49.4 Å². The van der Waals surface area contributed by atoms with Crippen molar-refractivity contribution in [3.05, 3.63) is 70.6 Å². The van der Waals surface area contributed by atoms with E-state index >= 15 is 0 Å². The van der Waals surface area contributed by atoms with E-state index in [-0.39, 0.29) is 24.3 Å². The number of amides is 1. The number of esters is 1. The van der Waals surface area contributed by atoms with Crippen LogP contribution in [0.5, 0.6) is 0 Å². The minimum Gasteiger partial charge on any atom is -0.450 e. The van der Waals surface area contributed by atoms with Crippen LogP contribution in [0.3, 0.4) is 0 Å². The zero-order valence-corrected chi connectivity index (χ0v) is 15.1. The fourth-order valence-corrected chi connectivity index (χ4v) is 2.78. The molecule has 5 nitrogen and oxygen atoms in total. The van der Waals surface area contributed by atoms with Crippen molar-refractivity contribution >= 4 is 38.6 Å². The molecule has 0 aliphatic rings. The first-order valence-electron chi connectivity index (χ1n) is 7.73. The lowest BCUT2D eigenvalue weighted by atomic mass is 10.0. The Kier molecular flexibility index (Phi) is 5.19. The van der Waals surface area contributed by atoms with E-state index in [9.17, 15) is 9.59 Å². The summed E-state index contributed by atoms with van der Waals surface area (Å²) in [6, 6.07) is 16.9. The van der Waals surface area contributed by atoms with Gasteiger partial charge in [-0.15, -0.1) is 0 Å². The summed E-state index contributed by atoms with van der Waals surface area (Å²) in [5.41, 5.74) is 0.980. The second-order valence-corrected chi connectivity index (χ2v) is 6.36. The van der Waals surface area contributed by atoms with Gasteiger partial charge in [-0.25, -0.2) is 4.79 Å². The first-order chi connectivity index (χ1) is 12.0. The number of nitrogens with one attached hydrogen (secondary N) is 1. The predicted molar refractivity (Wildman–Crippen MR) is 97.2 cm³/mol. The lowest BCUT2D eigenvalue weighted by molar-refractivity contribution is -0.124. The Morgan fingerprint density at radius 3 is 2.60 bits per heavy atom. The molecule has 3 aromatic rings. The highest BCUT2D eigenvalue weighted by molar-refractivity contribution is 9.10. The van der Waals surface area contributed by atoms with Gasteiger partial charge in [-0.1, -0.05) is 36.4 Å². The highest BCUT2D eigenvalue weighted by Crippen LogP contribution is 2.20. The molecule has 0 saturated heterocycles. The van der Waals surface area contributed by atoms with Crippen molar-refractivity contribution in [2.24, 2.45) is 0 Å². The van der Waals surface area contributed by atoms with Gasteiger partial charge < -0.3 is 14.5 Å². The van der Waals surface area contributed by atoms with Gasteiger partial charge in [0.1, 0.15) is 0 Å². The van der Waals surface area contributed by atoms with Crippen molar-refractivity contribution in [1.82, 2.24) is 5.32 Å². The van der Waals surface area contributed by atoms with Crippen LogP contribution in [-0.2, 0) is 9.53 Å². The quantitative estimate of drug-likeness (QED) is 0.649. The van der Waals surface area contributed by atoms with Crippen molar-refractivity contribution in [2.45, 2.75) is 13.0 Å². The third-order valence-electron chi connectivity index (χ3n) is 3.76. The van der Waals surface area contributed by atoms with Crippen LogP contribution in [0.1, 0.15) is 29.1 Å². The van der Waals surface area contributed by atoms with Gasteiger partial charge in [0.15, 0.2) is 11.3 Å². The summed E-state index contributed by atoms with van der Waals surface area (Å²) < 4.78 is 10.4. The van der Waals surface area contributed by atoms with E-state index in [1.54, 1.807) is 6.07 Å². The largest absolute Gasteiger partial charge is 0.450 e. The molecule has 1 N–H and O–H groups in total. The SMILES string of the molecule is C[C@H](NC(=O)COC(=O)c1ccc(Br)o1)c1ccc2ccccc2c1. The Morgan fingerprint density at radius 2 is 1.88 bits per heavy atom. The number of hydrogen-bond donors (Lipinski definition) is 1. The summed E-state index contributed by atoms with van der Waals surface area (Å²) in [4.78, 5) is 23.8. The average Bonchev–Trinajstić information content (AvgIpc) is 3.05. The molecule has 0 unspecified atom stereocenters. The normalized spacial score (nSPS) is 11.9. The Bertz CT molecular complexity index is 918. The Morgan fingerprint density at radius 1 is 1.12 bits per heavy atom. The number of benzene rings is 2. The van der Waals surface area contributed by atoms with Crippen LogP contribution in [-0.4, -0.2) is 18.5 Å². The van der Waals surface area contributed by atoms with E-state index in [0.29, 0.717) is 4.67 Å². The third kappa shape index (κ3) is 4.28. The van der Waals surface area contributed by atoms with Gasteiger partial charge in [-0.05, 0) is 57.4 Å². The number of halogens is 1. The Hall–Kier alpha value is -2.60. The minimum absolute atomic E-state index is 0.0438. The molecule has 3 rings (SSSR count). The number of fused-ring (bicyclic) bond motifs is 1. The topological polar surface area (TPSA) is 68.5 Å². The van der Waals surface area contributed by atoms with Crippen molar-refractivity contribution < 1.29 is 18.7 Å². The molecule has 1 atom stereocenters. The number of carbonyl (C=O) groups excluding carboxylic acids is 2. The predicted octanol–water partition coefficient (Wildman–Crippen LogP) is 4.23. The molecule has 0 radical (unpaired) electrons. The average molecular weight is 402 g/mol. The maximum absolute atomic E-state index is 12.0. The number of rotatable bonds is 5. The van der Waals surface area contributed by atoms with Crippen LogP contribution in [0.15, 0.2) is 63.7 Å². The number of ether oxygens (including phenoxy) is 1. The van der Waals surface area contributed by atoms with Gasteiger partial charge in [-0.3, -0.25) is 4.79 Å². The van der Waals surface area contributed by atoms with Gasteiger partial charge >= 0.3 is 5.97 Å². The monoisotopic (exact) mass is 401 g/mol. The van der Waals surface area contributed by atoms with E-state index in [2.05, 4.69) is 21.2 Å². The first kappa shape index (κ1) is 17.2. The summed E-state index contributed by atoms with van der Waals surface area (Å²) in [6.45, 7) is 1.52. The molecule has 6 heteroatoms. The summed E-state index contributed by atoms with van der Waals surface area (Å²) >= 11 is 3.10. The highest BCUT2D eigenvalue weighted by Gasteiger charge is 2.15. The highest BCUT2D eigenvalue weighted by atomic mass is 79.9. The van der Waals surface area contributed by atoms with Gasteiger partial charge in [0, 0.05) is 0 Å². The molecule has 0 fully saturated rings. The van der Waals surface area contributed by atoms with Crippen LogP contribution in [0, 0.1) is 0 Å². The Labute approximate surface area is 153 Å². The van der Waals surface area contributed by atoms with E-state index in [1.165, 1.54) is 6.07 Å². The minimum atomic E-state index is -0.681. The van der Waals surface area contributed by atoms with Crippen LogP contribution in [0.2, 0.25) is 0 Å². The molecule has 1 aromatic heterocycles. The van der Waals surface area contributed by atoms with Crippen molar-refractivity contribution in [2.75, 3.05) is 6.61 Å². The van der Waals surface area contributed by atoms with Crippen LogP contribution in [0.25, 0.3) is 10.8 Å². The molecule has 1 amide bonds. The van der Waals surface area contributed by atoms with E-state index in [4.69, 9.17) is 9.15 Å². The maximum atomic E-state index is 12.0. The second-order valence-electron chi connectivity index (χ2n) is 5.58. The standard InChI is InChI=1S/C19H16BrNO4/c1-12(14-7-6-13-4-2-3-5-15(13)10-14)21-18(22)11-24-19(23)16-8-9-17(20)25-16/h2-10,12H,11H2,1H3,(H,21,22)/t12-/m0/s1. The summed E-state index contributed by atoms with van der Waals surface area (Å²) in [5, 5.41) is 5.07. The fraction of sp³-hybridized carbons (Fsp3) is 0.158. The van der Waals surface area contributed by atoms with Gasteiger partial charge in [0.25, 0.3) is 5.91 Å². The summed E-state index contributed by atoms with van der Waals surface area (Å²) in [7, 11) is 0. The van der Waals surface area contributed by atoms with Gasteiger partial charge in [0.2, 0.25) is 5.76 Å². The van der Waals surface area contributed by atoms with Crippen molar-refractivity contribution in [3.63, 3.8) is 0 Å². The van der Waals surface area contributed by atoms with Crippen LogP contribution in [0.4, 0.5) is 0 Å². The maximum Gasteiger partial charge on any atom is 0.374 e. The van der Waals surface area contributed by atoms with Crippen molar-refractivity contribution in [3.8, 4) is 0 Å². The van der Waals surface area contributed by atoms with Gasteiger partial charge in [0.05, 0.1) is 6.04 Å². The molecule has 0 aliphatic heterocycles.